The molecular weight excluding hydrogens is 332 g/mol. The molecule has 0 N–H and O–H groups in total. The van der Waals surface area contributed by atoms with Crippen LogP contribution >= 0.6 is 0 Å². The summed E-state index contributed by atoms with van der Waals surface area (Å²) in [6.45, 7) is 6.20. The van der Waals surface area contributed by atoms with Crippen LogP contribution in [0.25, 0.3) is 0 Å². The molecule has 158 valence electrons. The first-order valence-electron chi connectivity index (χ1n) is 11.8. The van der Waals surface area contributed by atoms with Crippen molar-refractivity contribution < 1.29 is 9.53 Å². The van der Waals surface area contributed by atoms with E-state index in [1.165, 1.54) is 109 Å². The van der Waals surface area contributed by atoms with Gasteiger partial charge in [-0.1, -0.05) is 109 Å². The predicted molar refractivity (Wildman–Crippen MR) is 119 cm³/mol. The van der Waals surface area contributed by atoms with Crippen molar-refractivity contribution in [1.82, 2.24) is 0 Å². The average molecular weight is 379 g/mol. The number of esters is 1. The van der Waals surface area contributed by atoms with Gasteiger partial charge in [-0.25, -0.2) is 4.79 Å². The van der Waals surface area contributed by atoms with Crippen LogP contribution < -0.4 is 0 Å². The summed E-state index contributed by atoms with van der Waals surface area (Å²) in [7, 11) is 0. The number of carbonyl (C=O) groups excluding carboxylic acids is 1. The Bertz CT molecular complexity index is 346. The number of carbonyl (C=O) groups is 1. The van der Waals surface area contributed by atoms with E-state index in [0.29, 0.717) is 6.61 Å². The fourth-order valence-electron chi connectivity index (χ4n) is 3.29. The van der Waals surface area contributed by atoms with Crippen LogP contribution in [-0.4, -0.2) is 12.6 Å². The number of allylic oxidation sites excluding steroid dienone is 2. The van der Waals surface area contributed by atoms with Gasteiger partial charge >= 0.3 is 5.97 Å². The average Bonchev–Trinajstić information content (AvgIpc) is 2.68. The molecule has 0 saturated carbocycles. The highest BCUT2D eigenvalue weighted by Crippen LogP contribution is 2.12. The Labute approximate surface area is 169 Å². The topological polar surface area (TPSA) is 26.3 Å². The van der Waals surface area contributed by atoms with Crippen LogP contribution in [0.4, 0.5) is 0 Å². The number of ether oxygens (including phenoxy) is 1. The lowest BCUT2D eigenvalue weighted by atomic mass is 10.0. The second-order valence-corrected chi connectivity index (χ2v) is 7.72. The summed E-state index contributed by atoms with van der Waals surface area (Å²) < 4.78 is 4.96. The largest absolute Gasteiger partial charge is 0.463 e. The van der Waals surface area contributed by atoms with Crippen molar-refractivity contribution >= 4 is 5.97 Å². The minimum Gasteiger partial charge on any atom is -0.463 e. The Balaban J connectivity index is 3.10. The monoisotopic (exact) mass is 378 g/mol. The third kappa shape index (κ3) is 22.9. The van der Waals surface area contributed by atoms with Gasteiger partial charge in [-0.15, -0.1) is 0 Å². The van der Waals surface area contributed by atoms with Gasteiger partial charge in [0.05, 0.1) is 6.61 Å². The van der Waals surface area contributed by atoms with E-state index in [4.69, 9.17) is 4.74 Å². The highest BCUT2D eigenvalue weighted by Gasteiger charge is 1.95. The first-order valence-corrected chi connectivity index (χ1v) is 11.8. The zero-order chi connectivity index (χ0) is 19.8. The molecule has 0 spiro atoms. The molecule has 0 heterocycles. The van der Waals surface area contributed by atoms with Crippen LogP contribution in [0.15, 0.2) is 24.8 Å². The van der Waals surface area contributed by atoms with Crippen LogP contribution in [0.1, 0.15) is 122 Å². The fraction of sp³-hybridized carbons (Fsp3) is 0.800. The summed E-state index contributed by atoms with van der Waals surface area (Å²) in [5, 5.41) is 0. The lowest BCUT2D eigenvalue weighted by Gasteiger charge is -2.02. The van der Waals surface area contributed by atoms with Crippen molar-refractivity contribution in [2.24, 2.45) is 0 Å². The standard InChI is InChI=1S/C25H46O2/c1-3-5-6-7-8-9-10-11-12-13-14-15-16-17-18-19-20-21-22-23-24-27-25(26)4-2/h4,17-18H,2-3,5-16,19-24H2,1H3/b18-17+. The smallest absolute Gasteiger partial charge is 0.330 e. The van der Waals surface area contributed by atoms with E-state index in [1.807, 2.05) is 0 Å². The van der Waals surface area contributed by atoms with E-state index in [0.717, 1.165) is 12.8 Å². The first-order chi connectivity index (χ1) is 13.3. The molecule has 0 fully saturated rings. The summed E-state index contributed by atoms with van der Waals surface area (Å²) in [6, 6.07) is 0. The molecule has 0 amide bonds. The molecule has 0 aromatic heterocycles. The summed E-state index contributed by atoms with van der Waals surface area (Å²) in [4.78, 5) is 10.9. The number of unbranched alkanes of at least 4 members (excludes halogenated alkanes) is 16. The molecule has 27 heavy (non-hydrogen) atoms. The minimum absolute atomic E-state index is 0.310. The van der Waals surface area contributed by atoms with E-state index in [9.17, 15) is 4.79 Å². The lowest BCUT2D eigenvalue weighted by molar-refractivity contribution is -0.137. The van der Waals surface area contributed by atoms with E-state index >= 15 is 0 Å². The van der Waals surface area contributed by atoms with Crippen molar-refractivity contribution in [3.8, 4) is 0 Å². The van der Waals surface area contributed by atoms with Gasteiger partial charge in [0.15, 0.2) is 0 Å². The molecule has 0 rings (SSSR count). The van der Waals surface area contributed by atoms with Gasteiger partial charge in [0.25, 0.3) is 0 Å². The normalized spacial score (nSPS) is 11.1. The maximum absolute atomic E-state index is 10.9. The SMILES string of the molecule is C=CC(=O)OCCCCCC/C=C/CCCCCCCCCCCCCC. The fourth-order valence-corrected chi connectivity index (χ4v) is 3.29. The summed E-state index contributed by atoms with van der Waals surface area (Å²) in [6.07, 6.45) is 30.0. The molecule has 0 unspecified atom stereocenters. The van der Waals surface area contributed by atoms with E-state index in [1.54, 1.807) is 0 Å². The minimum atomic E-state index is -0.310. The predicted octanol–water partition coefficient (Wildman–Crippen LogP) is 8.31. The quantitative estimate of drug-likeness (QED) is 0.0868. The van der Waals surface area contributed by atoms with Crippen LogP contribution in [0, 0.1) is 0 Å². The van der Waals surface area contributed by atoms with Crippen LogP contribution in [0.5, 0.6) is 0 Å². The third-order valence-electron chi connectivity index (χ3n) is 5.07. The molecule has 0 aliphatic heterocycles. The summed E-state index contributed by atoms with van der Waals surface area (Å²) in [5.41, 5.74) is 0. The second kappa shape index (κ2) is 23.0. The Morgan fingerprint density at radius 3 is 1.52 bits per heavy atom. The Kier molecular flexibility index (Phi) is 22.1. The van der Waals surface area contributed by atoms with Crippen molar-refractivity contribution in [2.45, 2.75) is 122 Å². The zero-order valence-corrected chi connectivity index (χ0v) is 18.2. The molecule has 0 bridgehead atoms. The van der Waals surface area contributed by atoms with Gasteiger partial charge in [0.2, 0.25) is 0 Å². The molecular formula is C25H46O2. The molecule has 0 radical (unpaired) electrons. The molecule has 2 heteroatoms. The molecule has 0 aliphatic rings. The Hall–Kier alpha value is -1.05. The summed E-state index contributed by atoms with van der Waals surface area (Å²) in [5.74, 6) is -0.310. The van der Waals surface area contributed by atoms with E-state index in [2.05, 4.69) is 25.7 Å². The Morgan fingerprint density at radius 2 is 1.07 bits per heavy atom. The zero-order valence-electron chi connectivity index (χ0n) is 18.2. The number of hydrogen-bond acceptors (Lipinski definition) is 2. The highest BCUT2D eigenvalue weighted by molar-refractivity contribution is 5.81. The van der Waals surface area contributed by atoms with E-state index in [-0.39, 0.29) is 5.97 Å². The maximum atomic E-state index is 10.9. The number of rotatable bonds is 21. The highest BCUT2D eigenvalue weighted by atomic mass is 16.5. The van der Waals surface area contributed by atoms with Crippen molar-refractivity contribution in [3.63, 3.8) is 0 Å². The van der Waals surface area contributed by atoms with Crippen molar-refractivity contribution in [2.75, 3.05) is 6.61 Å². The number of hydrogen-bond donors (Lipinski definition) is 0. The molecule has 0 aliphatic carbocycles. The van der Waals surface area contributed by atoms with Gasteiger partial charge in [-0.2, -0.15) is 0 Å². The molecule has 0 aromatic carbocycles. The molecule has 0 atom stereocenters. The molecule has 2 nitrogen and oxygen atoms in total. The molecule has 0 saturated heterocycles. The van der Waals surface area contributed by atoms with Gasteiger partial charge < -0.3 is 4.74 Å². The summed E-state index contributed by atoms with van der Waals surface area (Å²) >= 11 is 0. The first kappa shape index (κ1) is 26.0. The third-order valence-corrected chi connectivity index (χ3v) is 5.07. The van der Waals surface area contributed by atoms with Crippen molar-refractivity contribution in [1.29, 1.82) is 0 Å². The van der Waals surface area contributed by atoms with E-state index < -0.39 is 0 Å². The second-order valence-electron chi connectivity index (χ2n) is 7.72. The van der Waals surface area contributed by atoms with Crippen LogP contribution in [0.2, 0.25) is 0 Å². The van der Waals surface area contributed by atoms with Gasteiger partial charge in [-0.05, 0) is 32.1 Å². The molecule has 0 aromatic rings. The maximum Gasteiger partial charge on any atom is 0.330 e. The van der Waals surface area contributed by atoms with Gasteiger partial charge in [-0.3, -0.25) is 0 Å². The van der Waals surface area contributed by atoms with Gasteiger partial charge in [0.1, 0.15) is 0 Å². The Morgan fingerprint density at radius 1 is 0.667 bits per heavy atom. The van der Waals surface area contributed by atoms with Crippen LogP contribution in [-0.2, 0) is 9.53 Å². The van der Waals surface area contributed by atoms with Crippen LogP contribution in [0.3, 0.4) is 0 Å². The lowest BCUT2D eigenvalue weighted by Crippen LogP contribution is -2.01. The van der Waals surface area contributed by atoms with Crippen molar-refractivity contribution in [3.05, 3.63) is 24.8 Å². The van der Waals surface area contributed by atoms with Gasteiger partial charge in [0, 0.05) is 6.08 Å².